The first-order valence-corrected chi connectivity index (χ1v) is 5.14. The van der Waals surface area contributed by atoms with Gasteiger partial charge in [-0.25, -0.2) is 0 Å². The van der Waals surface area contributed by atoms with Gasteiger partial charge in [-0.15, -0.1) is 0 Å². The maximum atomic E-state index is 10.9. The van der Waals surface area contributed by atoms with E-state index in [1.54, 1.807) is 0 Å². The molecule has 4 nitrogen and oxygen atoms in total. The van der Waals surface area contributed by atoms with Crippen molar-refractivity contribution in [3.8, 4) is 0 Å². The quantitative estimate of drug-likeness (QED) is 0.300. The van der Waals surface area contributed by atoms with Gasteiger partial charge in [-0.05, 0) is 6.42 Å². The number of carbonyl (C=O) groups is 2. The fraction of sp³-hybridized carbons (Fsp3) is 0.800. The number of unbranched alkanes of at least 4 members (excludes halogenated alkanes) is 4. The van der Waals surface area contributed by atoms with Crippen molar-refractivity contribution >= 4 is 41.5 Å². The van der Waals surface area contributed by atoms with E-state index in [4.69, 9.17) is 5.73 Å². The zero-order valence-corrected chi connectivity index (χ0v) is 8.75. The van der Waals surface area contributed by atoms with Gasteiger partial charge >= 0.3 is 41.5 Å². The molecule has 2 N–H and O–H groups in total. The van der Waals surface area contributed by atoms with E-state index in [-0.39, 0.29) is 36.1 Å². The van der Waals surface area contributed by atoms with E-state index in [9.17, 15) is 9.59 Å². The number of ether oxygens (including phenoxy) is 1. The fourth-order valence-electron chi connectivity index (χ4n) is 1.09. The molecule has 0 radical (unpaired) electrons. The van der Waals surface area contributed by atoms with Crippen LogP contribution < -0.4 is 5.73 Å². The second-order valence-corrected chi connectivity index (χ2v) is 3.21. The average molecular weight is 225 g/mol. The van der Waals surface area contributed by atoms with Crippen LogP contribution in [-0.4, -0.2) is 48.0 Å². The van der Waals surface area contributed by atoms with Crippen molar-refractivity contribution in [2.45, 2.75) is 45.4 Å². The summed E-state index contributed by atoms with van der Waals surface area (Å²) < 4.78 is 4.40. The third-order valence-corrected chi connectivity index (χ3v) is 1.88. The molecule has 15 heavy (non-hydrogen) atoms. The fourth-order valence-corrected chi connectivity index (χ4v) is 1.09. The zero-order valence-electron chi connectivity index (χ0n) is 8.75. The minimum absolute atomic E-state index is 0. The van der Waals surface area contributed by atoms with Gasteiger partial charge < -0.3 is 10.5 Å². The molecule has 0 amide bonds. The molecule has 0 aliphatic heterocycles. The predicted octanol–water partition coefficient (Wildman–Crippen LogP) is 0.727. The summed E-state index contributed by atoms with van der Waals surface area (Å²) in [6, 6.07) is 0. The third kappa shape index (κ3) is 12.0. The Bertz CT molecular complexity index is 186. The summed E-state index contributed by atoms with van der Waals surface area (Å²) in [5.74, 6) is -1.11. The van der Waals surface area contributed by atoms with E-state index in [1.807, 2.05) is 0 Å². The third-order valence-electron chi connectivity index (χ3n) is 1.88. The van der Waals surface area contributed by atoms with Gasteiger partial charge in [0.25, 0.3) is 0 Å². The predicted molar refractivity (Wildman–Crippen MR) is 60.7 cm³/mol. The molecular weight excluding hydrogens is 205 g/mol. The summed E-state index contributed by atoms with van der Waals surface area (Å²) in [4.78, 5) is 21.5. The van der Waals surface area contributed by atoms with Crippen LogP contribution in [0.5, 0.6) is 0 Å². The molecular formula is C10H20NNaO3. The van der Waals surface area contributed by atoms with E-state index in [0.29, 0.717) is 6.42 Å². The Labute approximate surface area is 113 Å². The van der Waals surface area contributed by atoms with Crippen molar-refractivity contribution in [1.29, 1.82) is 0 Å². The van der Waals surface area contributed by atoms with Gasteiger partial charge in [0.15, 0.2) is 0 Å². The van der Waals surface area contributed by atoms with E-state index < -0.39 is 11.9 Å². The molecule has 0 bridgehead atoms. The van der Waals surface area contributed by atoms with Gasteiger partial charge in [-0.1, -0.05) is 32.6 Å². The summed E-state index contributed by atoms with van der Waals surface area (Å²) in [7, 11) is 0. The van der Waals surface area contributed by atoms with Crippen molar-refractivity contribution < 1.29 is 14.3 Å². The summed E-state index contributed by atoms with van der Waals surface area (Å²) in [6.07, 6.45) is 5.62. The molecule has 0 saturated heterocycles. The number of rotatable bonds is 7. The molecule has 0 aromatic carbocycles. The molecule has 0 saturated carbocycles. The summed E-state index contributed by atoms with van der Waals surface area (Å²) in [6.45, 7) is 1.90. The first-order chi connectivity index (χ1) is 6.70. The van der Waals surface area contributed by atoms with Crippen LogP contribution in [-0.2, 0) is 14.3 Å². The standard InChI is InChI=1S/C10H19NO3.Na.H/c1-2-3-4-5-6-7-9(12)14-10(13)8-11;;/h2-8,11H2,1H3;;. The number of nitrogens with two attached hydrogens (primary N) is 1. The molecule has 0 aromatic heterocycles. The van der Waals surface area contributed by atoms with E-state index in [2.05, 4.69) is 11.7 Å². The van der Waals surface area contributed by atoms with Gasteiger partial charge in [0.2, 0.25) is 0 Å². The monoisotopic (exact) mass is 225 g/mol. The second-order valence-electron chi connectivity index (χ2n) is 3.21. The van der Waals surface area contributed by atoms with Crippen molar-refractivity contribution in [3.63, 3.8) is 0 Å². The van der Waals surface area contributed by atoms with Crippen LogP contribution >= 0.6 is 0 Å². The zero-order chi connectivity index (χ0) is 10.8. The van der Waals surface area contributed by atoms with Gasteiger partial charge in [0, 0.05) is 6.42 Å². The first kappa shape index (κ1) is 17.5. The number of esters is 2. The van der Waals surface area contributed by atoms with Crippen LogP contribution in [0.25, 0.3) is 0 Å². The van der Waals surface area contributed by atoms with Gasteiger partial charge in [0.1, 0.15) is 0 Å². The number of carbonyl (C=O) groups excluding carboxylic acids is 2. The molecule has 0 heterocycles. The van der Waals surface area contributed by atoms with Crippen LogP contribution in [0.1, 0.15) is 45.4 Å². The Morgan fingerprint density at radius 1 is 1.07 bits per heavy atom. The number of hydrogen-bond acceptors (Lipinski definition) is 4. The molecule has 0 aromatic rings. The van der Waals surface area contributed by atoms with E-state index in [1.165, 1.54) is 12.8 Å². The Balaban J connectivity index is 0. The van der Waals surface area contributed by atoms with Crippen LogP contribution in [0, 0.1) is 0 Å². The summed E-state index contributed by atoms with van der Waals surface area (Å²) >= 11 is 0. The van der Waals surface area contributed by atoms with Crippen LogP contribution in [0.15, 0.2) is 0 Å². The maximum absolute atomic E-state index is 10.9. The molecule has 0 atom stereocenters. The SMILES string of the molecule is CCCCCCCC(=O)OC(=O)CN.[NaH]. The second kappa shape index (κ2) is 12.2. The van der Waals surface area contributed by atoms with Gasteiger partial charge in [-0.3, -0.25) is 9.59 Å². The number of hydrogen-bond donors (Lipinski definition) is 1. The minimum atomic E-state index is -0.649. The van der Waals surface area contributed by atoms with Crippen molar-refractivity contribution in [2.24, 2.45) is 5.73 Å². The molecule has 5 heteroatoms. The molecule has 0 aliphatic carbocycles. The van der Waals surface area contributed by atoms with E-state index >= 15 is 0 Å². The van der Waals surface area contributed by atoms with Crippen LogP contribution in [0.2, 0.25) is 0 Å². The molecule has 0 unspecified atom stereocenters. The molecule has 0 aliphatic rings. The van der Waals surface area contributed by atoms with Crippen molar-refractivity contribution in [3.05, 3.63) is 0 Å². The molecule has 0 rings (SSSR count). The summed E-state index contributed by atoms with van der Waals surface area (Å²) in [5, 5.41) is 0. The molecule has 0 spiro atoms. The molecule has 84 valence electrons. The summed E-state index contributed by atoms with van der Waals surface area (Å²) in [5.41, 5.74) is 4.99. The molecule has 0 fully saturated rings. The Hall–Kier alpha value is 0.1000. The van der Waals surface area contributed by atoms with Crippen LogP contribution in [0.4, 0.5) is 0 Å². The Kier molecular flexibility index (Phi) is 14.2. The van der Waals surface area contributed by atoms with E-state index in [0.717, 1.165) is 19.3 Å². The topological polar surface area (TPSA) is 69.4 Å². The average Bonchev–Trinajstić information content (AvgIpc) is 2.17. The van der Waals surface area contributed by atoms with Gasteiger partial charge in [-0.2, -0.15) is 0 Å². The van der Waals surface area contributed by atoms with Crippen molar-refractivity contribution in [1.82, 2.24) is 0 Å². The first-order valence-electron chi connectivity index (χ1n) is 5.14. The normalized spacial score (nSPS) is 9.20. The van der Waals surface area contributed by atoms with Gasteiger partial charge in [0.05, 0.1) is 6.54 Å². The Morgan fingerprint density at radius 3 is 2.20 bits per heavy atom. The Morgan fingerprint density at radius 2 is 1.67 bits per heavy atom. The van der Waals surface area contributed by atoms with Crippen molar-refractivity contribution in [2.75, 3.05) is 6.54 Å². The van der Waals surface area contributed by atoms with Crippen LogP contribution in [0.3, 0.4) is 0 Å².